The summed E-state index contributed by atoms with van der Waals surface area (Å²) in [6, 6.07) is 0.0773. The van der Waals surface area contributed by atoms with Gasteiger partial charge in [0.2, 0.25) is 10.0 Å². The zero-order valence-electron chi connectivity index (χ0n) is 11.0. The van der Waals surface area contributed by atoms with E-state index in [1.165, 1.54) is 0 Å². The molecule has 0 aromatic heterocycles. The first kappa shape index (κ1) is 13.6. The van der Waals surface area contributed by atoms with Gasteiger partial charge in [0, 0.05) is 5.54 Å². The van der Waals surface area contributed by atoms with Crippen LogP contribution < -0.4 is 0 Å². The number of alkyl halides is 1. The minimum Gasteiger partial charge on any atom is -0.366 e. The lowest BCUT2D eigenvalue weighted by Gasteiger charge is -2.37. The maximum absolute atomic E-state index is 12.7. The van der Waals surface area contributed by atoms with E-state index in [-0.39, 0.29) is 22.9 Å². The molecule has 5 atom stereocenters. The van der Waals surface area contributed by atoms with Gasteiger partial charge in [0.15, 0.2) is 0 Å². The molecular formula is C12H20INO3S. The molecule has 5 unspecified atom stereocenters. The summed E-state index contributed by atoms with van der Waals surface area (Å²) in [7, 11) is -3.13. The molecule has 4 nitrogen and oxygen atoms in total. The van der Waals surface area contributed by atoms with Crippen LogP contribution in [0.2, 0.25) is 0 Å². The third-order valence-electron chi connectivity index (χ3n) is 4.67. The number of fused-ring (bicyclic) bond motifs is 1. The van der Waals surface area contributed by atoms with Crippen LogP contribution in [0.25, 0.3) is 0 Å². The van der Waals surface area contributed by atoms with Crippen LogP contribution in [0, 0.1) is 11.8 Å². The summed E-state index contributed by atoms with van der Waals surface area (Å²) < 4.78 is 33.6. The first-order valence-electron chi connectivity index (χ1n) is 6.49. The molecule has 0 aromatic rings. The molecule has 18 heavy (non-hydrogen) atoms. The second-order valence-corrected chi connectivity index (χ2v) is 9.33. The third-order valence-corrected chi connectivity index (χ3v) is 7.68. The van der Waals surface area contributed by atoms with Crippen molar-refractivity contribution < 1.29 is 13.2 Å². The maximum atomic E-state index is 12.7. The topological polar surface area (TPSA) is 46.6 Å². The van der Waals surface area contributed by atoms with Crippen LogP contribution >= 0.6 is 22.6 Å². The van der Waals surface area contributed by atoms with E-state index in [0.29, 0.717) is 16.4 Å². The average Bonchev–Trinajstić information content (AvgIpc) is 2.79. The quantitative estimate of drug-likeness (QED) is 0.540. The molecule has 0 radical (unpaired) electrons. The minimum absolute atomic E-state index is 0.0773. The van der Waals surface area contributed by atoms with Crippen LogP contribution in [0.1, 0.15) is 33.6 Å². The second kappa shape index (κ2) is 4.05. The van der Waals surface area contributed by atoms with Crippen molar-refractivity contribution in [3.05, 3.63) is 0 Å². The lowest BCUT2D eigenvalue weighted by molar-refractivity contribution is -0.00114. The molecular weight excluding hydrogens is 365 g/mol. The van der Waals surface area contributed by atoms with Gasteiger partial charge < -0.3 is 4.74 Å². The highest BCUT2D eigenvalue weighted by molar-refractivity contribution is 14.1. The standard InChI is InChI=1S/C12H20INO3S/c1-12(2,3)14-10-8-4-7(11(10)17-6-13)5-9(8)18(14,15)16/h7-11H,4-6H2,1-3H3. The monoisotopic (exact) mass is 385 g/mol. The van der Waals surface area contributed by atoms with Crippen LogP contribution in [-0.2, 0) is 14.8 Å². The summed E-state index contributed by atoms with van der Waals surface area (Å²) >= 11 is 2.20. The van der Waals surface area contributed by atoms with Crippen LogP contribution in [0.5, 0.6) is 0 Å². The van der Waals surface area contributed by atoms with Crippen molar-refractivity contribution in [1.82, 2.24) is 4.31 Å². The van der Waals surface area contributed by atoms with Crippen molar-refractivity contribution in [2.45, 2.75) is 56.5 Å². The Morgan fingerprint density at radius 2 is 2.00 bits per heavy atom. The van der Waals surface area contributed by atoms with Gasteiger partial charge in [0.1, 0.15) is 0 Å². The molecule has 104 valence electrons. The van der Waals surface area contributed by atoms with Crippen molar-refractivity contribution >= 4 is 32.6 Å². The second-order valence-electron chi connectivity index (χ2n) is 6.68. The van der Waals surface area contributed by atoms with Gasteiger partial charge in [-0.3, -0.25) is 0 Å². The number of hydrogen-bond acceptors (Lipinski definition) is 3. The fraction of sp³-hybridized carbons (Fsp3) is 1.00. The molecule has 2 saturated carbocycles. The number of ether oxygens (including phenoxy) is 1. The zero-order valence-corrected chi connectivity index (χ0v) is 13.9. The Labute approximate surface area is 123 Å². The van der Waals surface area contributed by atoms with Gasteiger partial charge in [-0.2, -0.15) is 4.31 Å². The highest BCUT2D eigenvalue weighted by Gasteiger charge is 2.68. The molecule has 0 aromatic carbocycles. The van der Waals surface area contributed by atoms with E-state index in [1.807, 2.05) is 20.8 Å². The fourth-order valence-corrected chi connectivity index (χ4v) is 7.61. The Kier molecular flexibility index (Phi) is 3.06. The molecule has 3 fully saturated rings. The molecule has 2 bridgehead atoms. The van der Waals surface area contributed by atoms with Gasteiger partial charge >= 0.3 is 0 Å². The predicted molar refractivity (Wildman–Crippen MR) is 78.1 cm³/mol. The molecule has 1 aliphatic heterocycles. The molecule has 1 heterocycles. The minimum atomic E-state index is -3.13. The Morgan fingerprint density at radius 1 is 1.33 bits per heavy atom. The first-order valence-corrected chi connectivity index (χ1v) is 9.52. The number of nitrogens with zero attached hydrogens (tertiary/aromatic N) is 1. The highest BCUT2D eigenvalue weighted by atomic mass is 127. The molecule has 2 aliphatic carbocycles. The van der Waals surface area contributed by atoms with Crippen molar-refractivity contribution in [1.29, 1.82) is 0 Å². The largest absolute Gasteiger partial charge is 0.366 e. The molecule has 6 heteroatoms. The molecule has 1 saturated heterocycles. The average molecular weight is 385 g/mol. The normalized spacial score (nSPS) is 45.9. The summed E-state index contributed by atoms with van der Waals surface area (Å²) in [5.41, 5.74) is -0.345. The van der Waals surface area contributed by atoms with E-state index in [9.17, 15) is 8.42 Å². The Morgan fingerprint density at radius 3 is 2.56 bits per heavy atom. The van der Waals surface area contributed by atoms with Crippen LogP contribution in [0.4, 0.5) is 0 Å². The van der Waals surface area contributed by atoms with Gasteiger partial charge in [-0.1, -0.05) is 22.6 Å². The van der Waals surface area contributed by atoms with E-state index in [1.54, 1.807) is 4.31 Å². The number of rotatable bonds is 2. The molecule has 3 aliphatic rings. The molecule has 0 amide bonds. The highest BCUT2D eigenvalue weighted by Crippen LogP contribution is 2.58. The SMILES string of the molecule is CC(C)(C)N1C2C3CC(CC3S1(=O)=O)C2OCI. The van der Waals surface area contributed by atoms with E-state index in [4.69, 9.17) is 4.74 Å². The summed E-state index contributed by atoms with van der Waals surface area (Å²) in [6.07, 6.45) is 1.94. The lowest BCUT2D eigenvalue weighted by atomic mass is 9.90. The zero-order chi connectivity index (χ0) is 13.3. The molecule has 0 N–H and O–H groups in total. The third kappa shape index (κ3) is 1.64. The summed E-state index contributed by atoms with van der Waals surface area (Å²) in [5.74, 6) is 0.745. The van der Waals surface area contributed by atoms with Gasteiger partial charge in [-0.05, 0) is 45.4 Å². The van der Waals surface area contributed by atoms with E-state index in [0.717, 1.165) is 12.8 Å². The van der Waals surface area contributed by atoms with E-state index in [2.05, 4.69) is 22.6 Å². The predicted octanol–water partition coefficient (Wildman–Crippen LogP) is 1.98. The fourth-order valence-electron chi connectivity index (χ4n) is 4.32. The Balaban J connectivity index is 2.05. The summed E-state index contributed by atoms with van der Waals surface area (Å²) in [6.45, 7) is 5.97. The van der Waals surface area contributed by atoms with Crippen LogP contribution in [0.3, 0.4) is 0 Å². The number of halogens is 1. The number of sulfonamides is 1. The van der Waals surface area contributed by atoms with Crippen LogP contribution in [-0.4, -0.2) is 40.3 Å². The summed E-state index contributed by atoms with van der Waals surface area (Å²) in [5, 5.41) is -0.138. The van der Waals surface area contributed by atoms with Gasteiger partial charge in [-0.15, -0.1) is 0 Å². The first-order chi connectivity index (χ1) is 8.28. The Hall–Kier alpha value is 0.600. The molecule has 0 spiro atoms. The maximum Gasteiger partial charge on any atom is 0.218 e. The van der Waals surface area contributed by atoms with Crippen LogP contribution in [0.15, 0.2) is 0 Å². The summed E-state index contributed by atoms with van der Waals surface area (Å²) in [4.78, 5) is 0. The van der Waals surface area contributed by atoms with Gasteiger partial charge in [0.25, 0.3) is 0 Å². The van der Waals surface area contributed by atoms with Gasteiger partial charge in [-0.25, -0.2) is 8.42 Å². The Bertz CT molecular complexity index is 458. The molecule has 3 rings (SSSR count). The lowest BCUT2D eigenvalue weighted by Crippen LogP contribution is -2.51. The van der Waals surface area contributed by atoms with Crippen molar-refractivity contribution in [2.75, 3.05) is 4.61 Å². The van der Waals surface area contributed by atoms with E-state index >= 15 is 0 Å². The van der Waals surface area contributed by atoms with Crippen molar-refractivity contribution in [2.24, 2.45) is 11.8 Å². The number of hydrogen-bond donors (Lipinski definition) is 0. The smallest absolute Gasteiger partial charge is 0.218 e. The van der Waals surface area contributed by atoms with Crippen molar-refractivity contribution in [3.63, 3.8) is 0 Å². The van der Waals surface area contributed by atoms with E-state index < -0.39 is 10.0 Å². The van der Waals surface area contributed by atoms with Gasteiger partial charge in [0.05, 0.1) is 22.0 Å². The van der Waals surface area contributed by atoms with Crippen molar-refractivity contribution in [3.8, 4) is 0 Å².